The summed E-state index contributed by atoms with van der Waals surface area (Å²) in [5, 5.41) is 7.92. The molecule has 148 valence electrons. The summed E-state index contributed by atoms with van der Waals surface area (Å²) in [6, 6.07) is 16.6. The molecular weight excluding hydrogens is 368 g/mol. The Labute approximate surface area is 168 Å². The molecule has 0 saturated heterocycles. The van der Waals surface area contributed by atoms with Crippen LogP contribution in [0.2, 0.25) is 0 Å². The maximum absolute atomic E-state index is 12.9. The smallest absolute Gasteiger partial charge is 0.255 e. The monoisotopic (exact) mass is 390 g/mol. The summed E-state index contributed by atoms with van der Waals surface area (Å²) in [4.78, 5) is 12.9. The minimum atomic E-state index is -0.287. The van der Waals surface area contributed by atoms with E-state index in [-0.39, 0.29) is 18.6 Å². The van der Waals surface area contributed by atoms with Crippen molar-refractivity contribution in [2.24, 2.45) is 0 Å². The zero-order valence-electron chi connectivity index (χ0n) is 16.6. The number of hydrogen-bond donors (Lipinski definition) is 1. The van der Waals surface area contributed by atoms with Crippen LogP contribution in [0.3, 0.4) is 0 Å². The third-order valence-electron chi connectivity index (χ3n) is 4.90. The highest BCUT2D eigenvalue weighted by Crippen LogP contribution is 2.25. The van der Waals surface area contributed by atoms with E-state index in [4.69, 9.17) is 13.7 Å². The lowest BCUT2D eigenvalue weighted by Gasteiger charge is -2.14. The molecule has 1 amide bonds. The van der Waals surface area contributed by atoms with E-state index < -0.39 is 0 Å². The molecule has 2 aromatic heterocycles. The second-order valence-electron chi connectivity index (χ2n) is 6.97. The molecule has 29 heavy (non-hydrogen) atoms. The first-order chi connectivity index (χ1) is 14.0. The number of benzene rings is 2. The lowest BCUT2D eigenvalue weighted by atomic mass is 10.1. The third-order valence-corrected chi connectivity index (χ3v) is 4.90. The lowest BCUT2D eigenvalue weighted by Crippen LogP contribution is -2.26. The molecule has 0 spiro atoms. The van der Waals surface area contributed by atoms with Gasteiger partial charge in [0.2, 0.25) is 0 Å². The fraction of sp³-hybridized carbons (Fsp3) is 0.217. The number of nitrogens with zero attached hydrogens (tertiary/aromatic N) is 1. The van der Waals surface area contributed by atoms with E-state index in [1.54, 1.807) is 12.1 Å². The Morgan fingerprint density at radius 1 is 1.14 bits per heavy atom. The van der Waals surface area contributed by atoms with Crippen molar-refractivity contribution in [1.29, 1.82) is 0 Å². The van der Waals surface area contributed by atoms with Crippen molar-refractivity contribution >= 4 is 16.9 Å². The number of aryl methyl sites for hydroxylation is 2. The van der Waals surface area contributed by atoms with E-state index in [1.165, 1.54) is 0 Å². The van der Waals surface area contributed by atoms with E-state index in [0.717, 1.165) is 22.2 Å². The van der Waals surface area contributed by atoms with E-state index >= 15 is 0 Å². The first kappa shape index (κ1) is 18.8. The molecule has 0 radical (unpaired) electrons. The fourth-order valence-electron chi connectivity index (χ4n) is 3.20. The maximum Gasteiger partial charge on any atom is 0.255 e. The standard InChI is InChI=1S/C23H22N2O4/c1-14-19(16(3)29-25-14)13-27-21-11-7-5-9-18(21)23(26)24-15(2)22-12-17-8-4-6-10-20(17)28-22/h4-12,15H,13H2,1-3H3,(H,24,26). The van der Waals surface area contributed by atoms with Gasteiger partial charge in [0, 0.05) is 5.39 Å². The van der Waals surface area contributed by atoms with Gasteiger partial charge >= 0.3 is 0 Å². The summed E-state index contributed by atoms with van der Waals surface area (Å²) in [7, 11) is 0. The molecule has 0 aliphatic rings. The zero-order valence-corrected chi connectivity index (χ0v) is 16.6. The largest absolute Gasteiger partial charge is 0.488 e. The summed E-state index contributed by atoms with van der Waals surface area (Å²) in [5.74, 6) is 1.69. The summed E-state index contributed by atoms with van der Waals surface area (Å²) >= 11 is 0. The molecule has 0 fully saturated rings. The number of hydrogen-bond acceptors (Lipinski definition) is 5. The molecule has 0 aliphatic carbocycles. The van der Waals surface area contributed by atoms with Gasteiger partial charge in [-0.1, -0.05) is 35.5 Å². The predicted octanol–water partition coefficient (Wildman–Crippen LogP) is 5.11. The Morgan fingerprint density at radius 2 is 1.90 bits per heavy atom. The van der Waals surface area contributed by atoms with Crippen LogP contribution in [0, 0.1) is 13.8 Å². The van der Waals surface area contributed by atoms with Crippen LogP contribution in [0.25, 0.3) is 11.0 Å². The van der Waals surface area contributed by atoms with Crippen molar-refractivity contribution in [2.75, 3.05) is 0 Å². The highest BCUT2D eigenvalue weighted by Gasteiger charge is 2.19. The Balaban J connectivity index is 1.49. The molecule has 2 heterocycles. The van der Waals surface area contributed by atoms with Gasteiger partial charge in [0.25, 0.3) is 5.91 Å². The second kappa shape index (κ2) is 7.83. The SMILES string of the molecule is Cc1noc(C)c1COc1ccccc1C(=O)NC(C)c1cc2ccccc2o1. The highest BCUT2D eigenvalue weighted by molar-refractivity contribution is 5.97. The number of fused-ring (bicyclic) bond motifs is 1. The number of carbonyl (C=O) groups is 1. The average molecular weight is 390 g/mol. The molecule has 1 unspecified atom stereocenters. The first-order valence-electron chi connectivity index (χ1n) is 9.46. The van der Waals surface area contributed by atoms with E-state index in [9.17, 15) is 4.79 Å². The predicted molar refractivity (Wildman–Crippen MR) is 109 cm³/mol. The van der Waals surface area contributed by atoms with Gasteiger partial charge in [-0.2, -0.15) is 0 Å². The van der Waals surface area contributed by atoms with Gasteiger partial charge < -0.3 is 19.0 Å². The molecule has 0 aliphatic heterocycles. The molecule has 6 heteroatoms. The molecule has 6 nitrogen and oxygen atoms in total. The minimum Gasteiger partial charge on any atom is -0.488 e. The second-order valence-corrected chi connectivity index (χ2v) is 6.97. The van der Waals surface area contributed by atoms with Gasteiger partial charge in [0.1, 0.15) is 29.5 Å². The normalized spacial score (nSPS) is 12.1. The van der Waals surface area contributed by atoms with Crippen molar-refractivity contribution in [3.63, 3.8) is 0 Å². The number of furan rings is 1. The minimum absolute atomic E-state index is 0.229. The van der Waals surface area contributed by atoms with Crippen LogP contribution in [0.4, 0.5) is 0 Å². The Hall–Kier alpha value is -3.54. The first-order valence-corrected chi connectivity index (χ1v) is 9.46. The molecule has 1 atom stereocenters. The number of amides is 1. The Bertz CT molecular complexity index is 1110. The van der Waals surface area contributed by atoms with E-state index in [2.05, 4.69) is 10.5 Å². The van der Waals surface area contributed by atoms with Crippen molar-refractivity contribution < 1.29 is 18.5 Å². The third kappa shape index (κ3) is 3.87. The van der Waals surface area contributed by atoms with Crippen LogP contribution >= 0.6 is 0 Å². The van der Waals surface area contributed by atoms with Gasteiger partial charge in [0.15, 0.2) is 0 Å². The molecular formula is C23H22N2O4. The van der Waals surface area contributed by atoms with Crippen LogP contribution in [-0.4, -0.2) is 11.1 Å². The topological polar surface area (TPSA) is 77.5 Å². The van der Waals surface area contributed by atoms with Crippen LogP contribution < -0.4 is 10.1 Å². The number of para-hydroxylation sites is 2. The number of ether oxygens (including phenoxy) is 1. The van der Waals surface area contributed by atoms with Crippen molar-refractivity contribution in [3.8, 4) is 5.75 Å². The van der Waals surface area contributed by atoms with Crippen LogP contribution in [0.1, 0.15) is 46.1 Å². The molecule has 1 N–H and O–H groups in total. The number of rotatable bonds is 6. The Kier molecular flexibility index (Phi) is 5.08. The summed E-state index contributed by atoms with van der Waals surface area (Å²) in [6.45, 7) is 5.88. The van der Waals surface area contributed by atoms with Gasteiger partial charge in [-0.25, -0.2) is 0 Å². The highest BCUT2D eigenvalue weighted by atomic mass is 16.5. The molecule has 0 saturated carbocycles. The van der Waals surface area contributed by atoms with Crippen molar-refractivity contribution in [3.05, 3.63) is 82.9 Å². The summed E-state index contributed by atoms with van der Waals surface area (Å²) in [5.41, 5.74) is 2.92. The quantitative estimate of drug-likeness (QED) is 0.495. The van der Waals surface area contributed by atoms with Crippen LogP contribution in [-0.2, 0) is 6.61 Å². The van der Waals surface area contributed by atoms with E-state index in [0.29, 0.717) is 22.8 Å². The van der Waals surface area contributed by atoms with Gasteiger partial charge in [-0.3, -0.25) is 4.79 Å². The molecule has 0 bridgehead atoms. The number of nitrogens with one attached hydrogen (secondary N) is 1. The lowest BCUT2D eigenvalue weighted by molar-refractivity contribution is 0.0931. The van der Waals surface area contributed by atoms with Gasteiger partial charge in [0.05, 0.1) is 22.9 Å². The van der Waals surface area contributed by atoms with Gasteiger partial charge in [-0.15, -0.1) is 0 Å². The van der Waals surface area contributed by atoms with Crippen molar-refractivity contribution in [2.45, 2.75) is 33.4 Å². The zero-order chi connectivity index (χ0) is 20.4. The Morgan fingerprint density at radius 3 is 2.66 bits per heavy atom. The van der Waals surface area contributed by atoms with Crippen LogP contribution in [0.15, 0.2) is 63.5 Å². The molecule has 4 rings (SSSR count). The molecule has 4 aromatic rings. The van der Waals surface area contributed by atoms with Crippen molar-refractivity contribution in [1.82, 2.24) is 10.5 Å². The fourth-order valence-corrected chi connectivity index (χ4v) is 3.20. The van der Waals surface area contributed by atoms with E-state index in [1.807, 2.05) is 63.2 Å². The number of carbonyl (C=O) groups excluding carboxylic acids is 1. The van der Waals surface area contributed by atoms with Crippen LogP contribution in [0.5, 0.6) is 5.75 Å². The number of aromatic nitrogens is 1. The average Bonchev–Trinajstić information content (AvgIpc) is 3.30. The van der Waals surface area contributed by atoms with Gasteiger partial charge in [-0.05, 0) is 45.0 Å². The summed E-state index contributed by atoms with van der Waals surface area (Å²) < 4.78 is 16.9. The maximum atomic E-state index is 12.9. The molecule has 2 aromatic carbocycles. The summed E-state index contributed by atoms with van der Waals surface area (Å²) in [6.07, 6.45) is 0.